The molecule has 0 saturated carbocycles. The molecule has 0 bridgehead atoms. The Balaban J connectivity index is 0.000000980. The molecule has 2 aromatic rings. The number of benzene rings is 1. The van der Waals surface area contributed by atoms with Crippen LogP contribution in [0.15, 0.2) is 39.6 Å². The minimum absolute atomic E-state index is 0. The molecule has 74 valence electrons. The van der Waals surface area contributed by atoms with E-state index in [-0.39, 0.29) is 40.6 Å². The normalized spacial score (nSPS) is 8.87. The van der Waals surface area contributed by atoms with Gasteiger partial charge in [-0.1, -0.05) is 11.6 Å². The Labute approximate surface area is 113 Å². The van der Waals surface area contributed by atoms with Gasteiger partial charge in [-0.25, -0.2) is 0 Å². The molecule has 2 N–H and O–H groups in total. The summed E-state index contributed by atoms with van der Waals surface area (Å²) in [6.07, 6.45) is 0. The van der Waals surface area contributed by atoms with E-state index in [1.54, 1.807) is 24.3 Å². The predicted molar refractivity (Wildman–Crippen MR) is 51.7 cm³/mol. The average molecular weight is 236 g/mol. The summed E-state index contributed by atoms with van der Waals surface area (Å²) in [5.41, 5.74) is 0.577. The minimum atomic E-state index is -0.245. The van der Waals surface area contributed by atoms with Crippen molar-refractivity contribution in [3.63, 3.8) is 0 Å². The van der Waals surface area contributed by atoms with Gasteiger partial charge in [0, 0.05) is 10.6 Å². The van der Waals surface area contributed by atoms with Crippen LogP contribution in [-0.2, 0) is 0 Å². The van der Waals surface area contributed by atoms with Crippen LogP contribution >= 0.6 is 11.6 Å². The number of halogens is 1. The van der Waals surface area contributed by atoms with Crippen molar-refractivity contribution in [3.05, 3.63) is 45.7 Å². The number of hydrogen-bond donors (Lipinski definition) is 1. The monoisotopic (exact) mass is 235 g/mol. The van der Waals surface area contributed by atoms with Crippen LogP contribution in [0.5, 0.6) is 0 Å². The summed E-state index contributed by atoms with van der Waals surface area (Å²) in [5, 5.41) is 2.87. The third kappa shape index (κ3) is 3.52. The molecular weight excluding hydrogens is 229 g/mol. The quantitative estimate of drug-likeness (QED) is 0.652. The first kappa shape index (κ1) is 14.5. The molecule has 0 aliphatic rings. The zero-order chi connectivity index (χ0) is 9.26. The van der Waals surface area contributed by atoms with E-state index >= 15 is 0 Å². The molecule has 0 aliphatic heterocycles. The first-order valence-electron chi connectivity index (χ1n) is 3.70. The van der Waals surface area contributed by atoms with E-state index in [2.05, 4.69) is 5.16 Å². The van der Waals surface area contributed by atoms with Crippen LogP contribution in [0.1, 0.15) is 0 Å². The van der Waals surface area contributed by atoms with Gasteiger partial charge in [-0.15, -0.1) is 0 Å². The van der Waals surface area contributed by atoms with E-state index in [1.807, 2.05) is 0 Å². The molecule has 0 fully saturated rings. The van der Waals surface area contributed by atoms with Crippen molar-refractivity contribution in [2.24, 2.45) is 0 Å². The van der Waals surface area contributed by atoms with Gasteiger partial charge in [0.1, 0.15) is 0 Å². The number of aromatic nitrogens is 1. The van der Waals surface area contributed by atoms with Gasteiger partial charge >= 0.3 is 29.6 Å². The number of aromatic amines is 1. The summed E-state index contributed by atoms with van der Waals surface area (Å²) in [6, 6.07) is 8.44. The molecule has 4 nitrogen and oxygen atoms in total. The Bertz CT molecular complexity index is 463. The Morgan fingerprint density at radius 1 is 1.20 bits per heavy atom. The van der Waals surface area contributed by atoms with Crippen molar-refractivity contribution >= 4 is 11.6 Å². The molecule has 2 rings (SSSR count). The number of nitrogens with one attached hydrogen (secondary N) is 1. The van der Waals surface area contributed by atoms with Gasteiger partial charge in [-0.2, -0.15) is 5.16 Å². The molecule has 1 aromatic carbocycles. The average Bonchev–Trinajstić information content (AvgIpc) is 2.53. The van der Waals surface area contributed by atoms with E-state index in [0.717, 1.165) is 5.56 Å². The van der Waals surface area contributed by atoms with Gasteiger partial charge < -0.3 is 10.00 Å². The molecule has 1 heterocycles. The van der Waals surface area contributed by atoms with Crippen molar-refractivity contribution in [1.29, 1.82) is 0 Å². The Kier molecular flexibility index (Phi) is 5.93. The summed E-state index contributed by atoms with van der Waals surface area (Å²) in [4.78, 5) is 10.8. The second kappa shape index (κ2) is 6.15. The third-order valence-electron chi connectivity index (χ3n) is 1.65. The first-order valence-corrected chi connectivity index (χ1v) is 4.08. The van der Waals surface area contributed by atoms with Crippen molar-refractivity contribution in [1.82, 2.24) is 5.16 Å². The maximum atomic E-state index is 10.8. The Hall–Kier alpha value is -0.520. The van der Waals surface area contributed by atoms with E-state index in [9.17, 15) is 4.79 Å². The molecule has 0 amide bonds. The fourth-order valence-corrected chi connectivity index (χ4v) is 1.17. The van der Waals surface area contributed by atoms with Gasteiger partial charge in [0.25, 0.3) is 5.56 Å². The van der Waals surface area contributed by atoms with E-state index < -0.39 is 0 Å². The van der Waals surface area contributed by atoms with Gasteiger partial charge in [0.2, 0.25) is 0 Å². The van der Waals surface area contributed by atoms with Gasteiger partial charge in [-0.3, -0.25) is 4.79 Å². The second-order valence-corrected chi connectivity index (χ2v) is 3.02. The number of H-pyrrole nitrogens is 1. The largest absolute Gasteiger partial charge is 1.00 e. The first-order chi connectivity index (χ1) is 6.25. The summed E-state index contributed by atoms with van der Waals surface area (Å²) in [7, 11) is 0. The van der Waals surface area contributed by atoms with Crippen LogP contribution in [0, 0.1) is 0 Å². The molecule has 15 heavy (non-hydrogen) atoms. The molecule has 6 heteroatoms. The molecule has 0 unspecified atom stereocenters. The van der Waals surface area contributed by atoms with Gasteiger partial charge in [0.15, 0.2) is 5.76 Å². The summed E-state index contributed by atoms with van der Waals surface area (Å²) in [6.45, 7) is 0. The van der Waals surface area contributed by atoms with Crippen molar-refractivity contribution < 1.29 is 39.6 Å². The molecular formula is C9H7ClNNaO3. The van der Waals surface area contributed by atoms with Gasteiger partial charge in [0.05, 0.1) is 6.07 Å². The molecule has 0 aliphatic carbocycles. The smallest absolute Gasteiger partial charge is 0.870 e. The zero-order valence-electron chi connectivity index (χ0n) is 8.03. The van der Waals surface area contributed by atoms with Gasteiger partial charge in [-0.05, 0) is 24.3 Å². The van der Waals surface area contributed by atoms with Crippen molar-refractivity contribution in [2.75, 3.05) is 0 Å². The van der Waals surface area contributed by atoms with Crippen LogP contribution < -0.4 is 35.1 Å². The summed E-state index contributed by atoms with van der Waals surface area (Å²) < 4.78 is 4.91. The number of hydrogen-bond acceptors (Lipinski definition) is 3. The maximum absolute atomic E-state index is 10.8. The maximum Gasteiger partial charge on any atom is 1.00 e. The Morgan fingerprint density at radius 3 is 2.27 bits per heavy atom. The van der Waals surface area contributed by atoms with Crippen LogP contribution in [0.2, 0.25) is 5.02 Å². The van der Waals surface area contributed by atoms with Crippen molar-refractivity contribution in [3.8, 4) is 11.3 Å². The van der Waals surface area contributed by atoms with Crippen LogP contribution in [0.25, 0.3) is 11.3 Å². The molecule has 0 radical (unpaired) electrons. The fraction of sp³-hybridized carbons (Fsp3) is 0. The predicted octanol–water partition coefficient (Wildman–Crippen LogP) is -0.885. The van der Waals surface area contributed by atoms with Crippen LogP contribution in [0.4, 0.5) is 0 Å². The Morgan fingerprint density at radius 2 is 1.80 bits per heavy atom. The van der Waals surface area contributed by atoms with Crippen molar-refractivity contribution in [2.45, 2.75) is 0 Å². The van der Waals surface area contributed by atoms with E-state index in [1.165, 1.54) is 6.07 Å². The SMILES string of the molecule is O=c1cc(-c2ccc(Cl)cc2)o[nH]1.[Na+].[OH-]. The summed E-state index contributed by atoms with van der Waals surface area (Å²) >= 11 is 5.70. The molecule has 1 aromatic heterocycles. The minimum Gasteiger partial charge on any atom is -0.870 e. The zero-order valence-corrected chi connectivity index (χ0v) is 10.8. The molecule has 0 atom stereocenters. The standard InChI is InChI=1S/C9H6ClNO2.Na.H2O/c10-7-3-1-6(2-4-7)8-5-9(12)11-13-8;;/h1-5H,(H,11,12);;1H2/q;+1;/p-1. The van der Waals surface area contributed by atoms with E-state index in [0.29, 0.717) is 10.8 Å². The molecule has 0 spiro atoms. The molecule has 0 saturated heterocycles. The van der Waals surface area contributed by atoms with E-state index in [4.69, 9.17) is 16.1 Å². The second-order valence-electron chi connectivity index (χ2n) is 2.58. The van der Waals surface area contributed by atoms with Crippen LogP contribution in [-0.4, -0.2) is 10.6 Å². The van der Waals surface area contributed by atoms with Crippen LogP contribution in [0.3, 0.4) is 0 Å². The topological polar surface area (TPSA) is 76.0 Å². The third-order valence-corrected chi connectivity index (χ3v) is 1.90. The number of rotatable bonds is 1. The summed E-state index contributed by atoms with van der Waals surface area (Å²) in [5.74, 6) is 0.515. The fourth-order valence-electron chi connectivity index (χ4n) is 1.04.